The Morgan fingerprint density at radius 1 is 1.53 bits per heavy atom. The van der Waals surface area contributed by atoms with Crippen molar-refractivity contribution < 1.29 is 14.0 Å². The summed E-state index contributed by atoms with van der Waals surface area (Å²) >= 11 is 0. The zero-order chi connectivity index (χ0) is 13.5. The van der Waals surface area contributed by atoms with Crippen molar-refractivity contribution in [1.82, 2.24) is 15.5 Å². The highest BCUT2D eigenvalue weighted by Gasteiger charge is 2.51. The first kappa shape index (κ1) is 12.2. The minimum absolute atomic E-state index is 0.237. The molecule has 19 heavy (non-hydrogen) atoms. The first-order chi connectivity index (χ1) is 9.11. The number of carbonyl (C=O) groups is 2. The normalized spacial score (nSPS) is 31.0. The predicted molar refractivity (Wildman–Crippen MR) is 67.3 cm³/mol. The molecule has 0 spiro atoms. The van der Waals surface area contributed by atoms with Crippen LogP contribution in [-0.4, -0.2) is 36.5 Å². The molecule has 2 N–H and O–H groups in total. The van der Waals surface area contributed by atoms with Crippen LogP contribution in [0, 0.1) is 5.92 Å². The molecule has 0 saturated carbocycles. The molecule has 0 radical (unpaired) electrons. The molecule has 3 rings (SSSR count). The molecule has 1 aromatic rings. The van der Waals surface area contributed by atoms with Crippen molar-refractivity contribution in [3.8, 4) is 0 Å². The van der Waals surface area contributed by atoms with Gasteiger partial charge in [-0.2, -0.15) is 0 Å². The molecule has 6 nitrogen and oxygen atoms in total. The monoisotopic (exact) mass is 263 g/mol. The quantitative estimate of drug-likeness (QED) is 0.785. The Morgan fingerprint density at radius 3 is 3.00 bits per heavy atom. The van der Waals surface area contributed by atoms with Crippen molar-refractivity contribution in [3.05, 3.63) is 24.2 Å². The van der Waals surface area contributed by atoms with Crippen molar-refractivity contribution in [2.24, 2.45) is 5.92 Å². The molecular weight excluding hydrogens is 246 g/mol. The van der Waals surface area contributed by atoms with Crippen molar-refractivity contribution in [2.45, 2.75) is 18.9 Å². The van der Waals surface area contributed by atoms with Gasteiger partial charge in [0.25, 0.3) is 5.91 Å². The Morgan fingerprint density at radius 2 is 2.37 bits per heavy atom. The lowest BCUT2D eigenvalue weighted by atomic mass is 9.99. The van der Waals surface area contributed by atoms with E-state index in [9.17, 15) is 9.59 Å². The zero-order valence-corrected chi connectivity index (χ0v) is 10.8. The summed E-state index contributed by atoms with van der Waals surface area (Å²) in [6, 6.07) is 3.08. The second kappa shape index (κ2) is 4.38. The number of carbonyl (C=O) groups excluding carboxylic acids is 2. The number of nitrogens with zero attached hydrogens (tertiary/aromatic N) is 1. The number of nitrogens with one attached hydrogen (secondary N) is 2. The smallest absolute Gasteiger partial charge is 0.325 e. The SMILES string of the molecule is CC1(c2ccco2)NC(=O)N(CC2CCNC2)C1=O. The van der Waals surface area contributed by atoms with Crippen LogP contribution >= 0.6 is 0 Å². The Bertz CT molecular complexity index is 493. The maximum absolute atomic E-state index is 12.5. The lowest BCUT2D eigenvalue weighted by Crippen LogP contribution is -2.41. The van der Waals surface area contributed by atoms with Crippen LogP contribution in [0.3, 0.4) is 0 Å². The van der Waals surface area contributed by atoms with E-state index in [2.05, 4.69) is 10.6 Å². The number of hydrogen-bond acceptors (Lipinski definition) is 4. The molecule has 6 heteroatoms. The highest BCUT2D eigenvalue weighted by Crippen LogP contribution is 2.29. The summed E-state index contributed by atoms with van der Waals surface area (Å²) in [7, 11) is 0. The minimum Gasteiger partial charge on any atom is -0.466 e. The van der Waals surface area contributed by atoms with E-state index in [-0.39, 0.29) is 11.9 Å². The average molecular weight is 263 g/mol. The van der Waals surface area contributed by atoms with Gasteiger partial charge in [0.05, 0.1) is 6.26 Å². The molecule has 2 fully saturated rings. The second-order valence-electron chi connectivity index (χ2n) is 5.31. The number of amides is 3. The molecule has 0 bridgehead atoms. The van der Waals surface area contributed by atoms with Gasteiger partial charge in [0.2, 0.25) is 0 Å². The third kappa shape index (κ3) is 1.92. The Balaban J connectivity index is 1.80. The molecule has 0 aromatic carbocycles. The molecule has 2 aliphatic rings. The Kier molecular flexibility index (Phi) is 2.82. The second-order valence-corrected chi connectivity index (χ2v) is 5.31. The predicted octanol–water partition coefficient (Wildman–Crippen LogP) is 0.656. The van der Waals surface area contributed by atoms with Gasteiger partial charge in [-0.25, -0.2) is 4.79 Å². The first-order valence-corrected chi connectivity index (χ1v) is 6.50. The molecular formula is C13H17N3O3. The highest BCUT2D eigenvalue weighted by molar-refractivity contribution is 6.06. The van der Waals surface area contributed by atoms with Gasteiger partial charge >= 0.3 is 6.03 Å². The summed E-state index contributed by atoms with van der Waals surface area (Å²) in [5.74, 6) is 0.575. The van der Waals surface area contributed by atoms with E-state index in [1.807, 2.05) is 0 Å². The van der Waals surface area contributed by atoms with E-state index in [0.717, 1.165) is 19.5 Å². The van der Waals surface area contributed by atoms with Crippen LogP contribution in [-0.2, 0) is 10.3 Å². The van der Waals surface area contributed by atoms with Gasteiger partial charge in [-0.05, 0) is 44.5 Å². The molecule has 2 aliphatic heterocycles. The van der Waals surface area contributed by atoms with Crippen LogP contribution in [0.4, 0.5) is 4.79 Å². The molecule has 2 atom stereocenters. The number of imide groups is 1. The molecule has 1 aromatic heterocycles. The zero-order valence-electron chi connectivity index (χ0n) is 10.8. The van der Waals surface area contributed by atoms with Crippen LogP contribution in [0.15, 0.2) is 22.8 Å². The van der Waals surface area contributed by atoms with Gasteiger partial charge in [-0.3, -0.25) is 9.69 Å². The summed E-state index contributed by atoms with van der Waals surface area (Å²) in [4.78, 5) is 25.8. The molecule has 2 saturated heterocycles. The summed E-state index contributed by atoms with van der Waals surface area (Å²) in [6.45, 7) is 3.95. The van der Waals surface area contributed by atoms with Gasteiger partial charge in [0.1, 0.15) is 5.76 Å². The summed E-state index contributed by atoms with van der Waals surface area (Å²) < 4.78 is 5.28. The van der Waals surface area contributed by atoms with Crippen molar-refractivity contribution in [1.29, 1.82) is 0 Å². The number of urea groups is 1. The Hall–Kier alpha value is -1.82. The molecule has 3 heterocycles. The van der Waals surface area contributed by atoms with Crippen LogP contribution in [0.25, 0.3) is 0 Å². The maximum Gasteiger partial charge on any atom is 0.325 e. The van der Waals surface area contributed by atoms with Crippen molar-refractivity contribution >= 4 is 11.9 Å². The standard InChI is InChI=1S/C13H17N3O3/c1-13(10-3-2-6-19-10)11(17)16(12(18)15-13)8-9-4-5-14-7-9/h2-3,6,9,14H,4-5,7-8H2,1H3,(H,15,18). The van der Waals surface area contributed by atoms with Crippen molar-refractivity contribution in [2.75, 3.05) is 19.6 Å². The van der Waals surface area contributed by atoms with E-state index in [1.54, 1.807) is 19.1 Å². The minimum atomic E-state index is -1.08. The molecule has 102 valence electrons. The third-order valence-electron chi connectivity index (χ3n) is 3.89. The van der Waals surface area contributed by atoms with Gasteiger partial charge in [-0.1, -0.05) is 0 Å². The fourth-order valence-electron chi connectivity index (χ4n) is 2.72. The van der Waals surface area contributed by atoms with Gasteiger partial charge in [0, 0.05) is 6.54 Å². The van der Waals surface area contributed by atoms with Crippen LogP contribution in [0.2, 0.25) is 0 Å². The largest absolute Gasteiger partial charge is 0.466 e. The maximum atomic E-state index is 12.5. The summed E-state index contributed by atoms with van der Waals surface area (Å²) in [5, 5.41) is 5.97. The van der Waals surface area contributed by atoms with E-state index in [0.29, 0.717) is 18.2 Å². The first-order valence-electron chi connectivity index (χ1n) is 6.50. The van der Waals surface area contributed by atoms with Crippen LogP contribution in [0.1, 0.15) is 19.1 Å². The highest BCUT2D eigenvalue weighted by atomic mass is 16.3. The van der Waals surface area contributed by atoms with E-state index in [1.165, 1.54) is 11.2 Å². The van der Waals surface area contributed by atoms with E-state index < -0.39 is 5.54 Å². The van der Waals surface area contributed by atoms with E-state index in [4.69, 9.17) is 4.42 Å². The number of rotatable bonds is 3. The van der Waals surface area contributed by atoms with Crippen LogP contribution in [0.5, 0.6) is 0 Å². The fraction of sp³-hybridized carbons (Fsp3) is 0.538. The lowest BCUT2D eigenvalue weighted by molar-refractivity contribution is -0.132. The summed E-state index contributed by atoms with van der Waals surface area (Å²) in [5.41, 5.74) is -1.08. The topological polar surface area (TPSA) is 74.6 Å². The van der Waals surface area contributed by atoms with Crippen LogP contribution < -0.4 is 10.6 Å². The molecule has 3 amide bonds. The van der Waals surface area contributed by atoms with Gasteiger partial charge in [-0.15, -0.1) is 0 Å². The molecule has 0 aliphatic carbocycles. The van der Waals surface area contributed by atoms with Gasteiger partial charge in [0.15, 0.2) is 5.54 Å². The van der Waals surface area contributed by atoms with Gasteiger partial charge < -0.3 is 15.1 Å². The number of hydrogen-bond donors (Lipinski definition) is 2. The third-order valence-corrected chi connectivity index (χ3v) is 3.89. The average Bonchev–Trinajstić information content (AvgIpc) is 3.09. The van der Waals surface area contributed by atoms with Crippen molar-refractivity contribution in [3.63, 3.8) is 0 Å². The lowest BCUT2D eigenvalue weighted by Gasteiger charge is -2.20. The Labute approximate surface area is 111 Å². The number of furan rings is 1. The summed E-state index contributed by atoms with van der Waals surface area (Å²) in [6.07, 6.45) is 2.50. The van der Waals surface area contributed by atoms with E-state index >= 15 is 0 Å². The molecule has 2 unspecified atom stereocenters. The fourth-order valence-corrected chi connectivity index (χ4v) is 2.72.